The van der Waals surface area contributed by atoms with E-state index in [-0.39, 0.29) is 17.7 Å². The zero-order valence-electron chi connectivity index (χ0n) is 6.33. The average molecular weight is 201 g/mol. The predicted octanol–water partition coefficient (Wildman–Crippen LogP) is -0.681. The lowest BCUT2D eigenvalue weighted by molar-refractivity contribution is 0.574. The number of halogens is 1. The van der Waals surface area contributed by atoms with E-state index < -0.39 is 10.0 Å². The highest BCUT2D eigenvalue weighted by Crippen LogP contribution is 2.06. The normalized spacial score (nSPS) is 24.6. The fourth-order valence-corrected chi connectivity index (χ4v) is 2.16. The molecule has 0 aromatic carbocycles. The topological polar surface area (TPSA) is 58.2 Å². The Labute approximate surface area is 73.2 Å². The third kappa shape index (κ3) is 2.59. The zero-order chi connectivity index (χ0) is 7.61. The van der Waals surface area contributed by atoms with E-state index in [9.17, 15) is 8.42 Å². The van der Waals surface area contributed by atoms with Crippen molar-refractivity contribution in [2.24, 2.45) is 0 Å². The number of nitrogens with one attached hydrogen (secondary N) is 2. The van der Waals surface area contributed by atoms with Crippen LogP contribution in [0.25, 0.3) is 0 Å². The summed E-state index contributed by atoms with van der Waals surface area (Å²) in [5, 5.41) is 2.77. The van der Waals surface area contributed by atoms with Crippen molar-refractivity contribution < 1.29 is 8.42 Å². The van der Waals surface area contributed by atoms with E-state index in [1.54, 1.807) is 0 Å². The monoisotopic (exact) mass is 200 g/mol. The number of rotatable bonds is 2. The fourth-order valence-electron chi connectivity index (χ4n) is 1.06. The Morgan fingerprint density at radius 2 is 2.18 bits per heavy atom. The fraction of sp³-hybridized carbons (Fsp3) is 1.00. The molecule has 1 saturated heterocycles. The molecule has 0 aromatic heterocycles. The Morgan fingerprint density at radius 1 is 1.55 bits per heavy atom. The minimum Gasteiger partial charge on any atom is -0.315 e. The molecule has 0 bridgehead atoms. The molecule has 11 heavy (non-hydrogen) atoms. The van der Waals surface area contributed by atoms with Crippen molar-refractivity contribution >= 4 is 22.4 Å². The molecule has 0 aromatic rings. The van der Waals surface area contributed by atoms with Gasteiger partial charge in [-0.1, -0.05) is 0 Å². The van der Waals surface area contributed by atoms with Crippen molar-refractivity contribution in [1.82, 2.24) is 10.0 Å². The van der Waals surface area contributed by atoms with E-state index in [1.165, 1.54) is 7.05 Å². The number of hydrogen-bond donors (Lipinski definition) is 2. The summed E-state index contributed by atoms with van der Waals surface area (Å²) in [7, 11) is -1.56. The van der Waals surface area contributed by atoms with Crippen LogP contribution in [0.15, 0.2) is 0 Å². The van der Waals surface area contributed by atoms with E-state index >= 15 is 0 Å². The van der Waals surface area contributed by atoms with Gasteiger partial charge in [0.05, 0.1) is 5.25 Å². The third-order valence-electron chi connectivity index (χ3n) is 1.74. The quantitative estimate of drug-likeness (QED) is 0.621. The maximum Gasteiger partial charge on any atom is 0.215 e. The van der Waals surface area contributed by atoms with Crippen LogP contribution in [-0.4, -0.2) is 33.8 Å². The van der Waals surface area contributed by atoms with E-state index in [4.69, 9.17) is 0 Å². The van der Waals surface area contributed by atoms with Crippen LogP contribution in [0.4, 0.5) is 0 Å². The summed E-state index contributed by atoms with van der Waals surface area (Å²) >= 11 is 0. The van der Waals surface area contributed by atoms with Crippen LogP contribution in [-0.2, 0) is 10.0 Å². The lowest BCUT2D eigenvalue weighted by Gasteiger charge is -2.07. The molecular formula is C5H13ClN2O2S. The van der Waals surface area contributed by atoms with E-state index in [0.29, 0.717) is 6.54 Å². The molecule has 0 spiro atoms. The van der Waals surface area contributed by atoms with Gasteiger partial charge in [0.2, 0.25) is 10.0 Å². The molecule has 1 fully saturated rings. The van der Waals surface area contributed by atoms with E-state index in [2.05, 4.69) is 10.0 Å². The molecule has 0 aliphatic carbocycles. The highest BCUT2D eigenvalue weighted by molar-refractivity contribution is 7.90. The summed E-state index contributed by atoms with van der Waals surface area (Å²) in [6.07, 6.45) is 0.725. The second-order valence-corrected chi connectivity index (χ2v) is 4.53. The second kappa shape index (κ2) is 4.25. The highest BCUT2D eigenvalue weighted by Gasteiger charge is 2.26. The molecule has 68 valence electrons. The largest absolute Gasteiger partial charge is 0.315 e. The molecule has 1 rings (SSSR count). The average Bonchev–Trinajstić information content (AvgIpc) is 2.38. The number of sulfonamides is 1. The molecule has 2 N–H and O–H groups in total. The van der Waals surface area contributed by atoms with Crippen molar-refractivity contribution in [3.05, 3.63) is 0 Å². The first kappa shape index (κ1) is 11.2. The molecule has 1 heterocycles. The standard InChI is InChI=1S/C5H12N2O2S.ClH/c1-6-10(8,9)5-2-3-7-4-5;/h5-7H,2-4H2,1H3;1H/t5-;/m1./s1. The molecule has 0 unspecified atom stereocenters. The number of hydrogen-bond acceptors (Lipinski definition) is 3. The molecule has 0 saturated carbocycles. The SMILES string of the molecule is CNS(=O)(=O)[C@@H]1CCNC1.Cl. The van der Waals surface area contributed by atoms with Crippen molar-refractivity contribution in [1.29, 1.82) is 0 Å². The summed E-state index contributed by atoms with van der Waals surface area (Å²) in [4.78, 5) is 0. The summed E-state index contributed by atoms with van der Waals surface area (Å²) in [6.45, 7) is 1.40. The predicted molar refractivity (Wildman–Crippen MR) is 46.5 cm³/mol. The lowest BCUT2D eigenvalue weighted by Crippen LogP contribution is -2.33. The molecule has 4 nitrogen and oxygen atoms in total. The van der Waals surface area contributed by atoms with Crippen LogP contribution in [0.1, 0.15) is 6.42 Å². The van der Waals surface area contributed by atoms with Gasteiger partial charge in [-0.15, -0.1) is 12.4 Å². The molecule has 0 radical (unpaired) electrons. The zero-order valence-corrected chi connectivity index (χ0v) is 7.96. The Morgan fingerprint density at radius 3 is 2.55 bits per heavy atom. The van der Waals surface area contributed by atoms with Crippen LogP contribution >= 0.6 is 12.4 Å². The summed E-state index contributed by atoms with van der Waals surface area (Å²) in [6, 6.07) is 0. The van der Waals surface area contributed by atoms with Gasteiger partial charge in [-0.05, 0) is 20.0 Å². The van der Waals surface area contributed by atoms with Crippen molar-refractivity contribution in [2.45, 2.75) is 11.7 Å². The van der Waals surface area contributed by atoms with Gasteiger partial charge in [0.15, 0.2) is 0 Å². The van der Waals surface area contributed by atoms with E-state index in [1.807, 2.05) is 0 Å². The molecular weight excluding hydrogens is 188 g/mol. The molecule has 1 atom stereocenters. The van der Waals surface area contributed by atoms with Crippen molar-refractivity contribution in [3.8, 4) is 0 Å². The molecule has 0 amide bonds. The highest BCUT2D eigenvalue weighted by atomic mass is 35.5. The summed E-state index contributed by atoms with van der Waals surface area (Å²) in [5.74, 6) is 0. The minimum absolute atomic E-state index is 0. The van der Waals surface area contributed by atoms with Crippen LogP contribution < -0.4 is 10.0 Å². The maximum absolute atomic E-state index is 11.1. The first-order valence-corrected chi connectivity index (χ1v) is 4.84. The van der Waals surface area contributed by atoms with Crippen LogP contribution in [0.5, 0.6) is 0 Å². The second-order valence-electron chi connectivity index (χ2n) is 2.36. The van der Waals surface area contributed by atoms with Crippen LogP contribution in [0.3, 0.4) is 0 Å². The van der Waals surface area contributed by atoms with Gasteiger partial charge in [0, 0.05) is 6.54 Å². The van der Waals surface area contributed by atoms with Gasteiger partial charge in [0.25, 0.3) is 0 Å². The third-order valence-corrected chi connectivity index (χ3v) is 3.59. The Bertz CT molecular complexity index is 199. The molecule has 1 aliphatic heterocycles. The Kier molecular flexibility index (Phi) is 4.31. The Balaban J connectivity index is 0.000001000. The van der Waals surface area contributed by atoms with E-state index in [0.717, 1.165) is 13.0 Å². The van der Waals surface area contributed by atoms with Gasteiger partial charge in [0.1, 0.15) is 0 Å². The summed E-state index contributed by atoms with van der Waals surface area (Å²) < 4.78 is 24.4. The van der Waals surface area contributed by atoms with Crippen molar-refractivity contribution in [3.63, 3.8) is 0 Å². The van der Waals surface area contributed by atoms with Crippen LogP contribution in [0.2, 0.25) is 0 Å². The van der Waals surface area contributed by atoms with Gasteiger partial charge in [-0.2, -0.15) is 0 Å². The van der Waals surface area contributed by atoms with Gasteiger partial charge in [-0.3, -0.25) is 0 Å². The first-order chi connectivity index (χ1) is 4.67. The summed E-state index contributed by atoms with van der Waals surface area (Å²) in [5.41, 5.74) is 0. The molecule has 1 aliphatic rings. The molecule has 6 heteroatoms. The lowest BCUT2D eigenvalue weighted by atomic mass is 10.4. The van der Waals surface area contributed by atoms with Crippen molar-refractivity contribution in [2.75, 3.05) is 20.1 Å². The maximum atomic E-state index is 11.1. The smallest absolute Gasteiger partial charge is 0.215 e. The van der Waals surface area contributed by atoms with Crippen LogP contribution in [0, 0.1) is 0 Å². The van der Waals surface area contributed by atoms with Gasteiger partial charge in [-0.25, -0.2) is 13.1 Å². The van der Waals surface area contributed by atoms with Gasteiger partial charge >= 0.3 is 0 Å². The minimum atomic E-state index is -3.01. The van der Waals surface area contributed by atoms with Gasteiger partial charge < -0.3 is 5.32 Å². The first-order valence-electron chi connectivity index (χ1n) is 3.30. The Hall–Kier alpha value is 0.160.